The van der Waals surface area contributed by atoms with Crippen molar-refractivity contribution in [3.8, 4) is 0 Å². The molecule has 0 aromatic heterocycles. The van der Waals surface area contributed by atoms with Gasteiger partial charge >= 0.3 is 0 Å². The predicted octanol–water partition coefficient (Wildman–Crippen LogP) is -0.396. The third-order valence-electron chi connectivity index (χ3n) is 3.08. The summed E-state index contributed by atoms with van der Waals surface area (Å²) >= 11 is 0. The summed E-state index contributed by atoms with van der Waals surface area (Å²) < 4.78 is 0. The van der Waals surface area contributed by atoms with Crippen molar-refractivity contribution in [1.29, 1.82) is 0 Å². The number of nitrogens with two attached hydrogens (primary N) is 1. The van der Waals surface area contributed by atoms with Crippen LogP contribution in [0.5, 0.6) is 0 Å². The van der Waals surface area contributed by atoms with E-state index in [0.29, 0.717) is 12.1 Å². The fraction of sp³-hybridized carbons (Fsp3) is 0.900. The number of nitrogens with zero attached hydrogens (tertiary/aromatic N) is 3. The van der Waals surface area contributed by atoms with Crippen molar-refractivity contribution in [1.82, 2.24) is 15.2 Å². The fourth-order valence-electron chi connectivity index (χ4n) is 2.03. The topological polar surface area (TPSA) is 56.9 Å². The van der Waals surface area contributed by atoms with Crippen LogP contribution in [0.1, 0.15) is 19.8 Å². The lowest BCUT2D eigenvalue weighted by atomic mass is 10.2. The van der Waals surface area contributed by atoms with Crippen LogP contribution in [-0.2, 0) is 0 Å². The van der Waals surface area contributed by atoms with Crippen molar-refractivity contribution in [3.63, 3.8) is 0 Å². The van der Waals surface area contributed by atoms with Crippen LogP contribution in [-0.4, -0.2) is 54.5 Å². The summed E-state index contributed by atoms with van der Waals surface area (Å²) in [5, 5.41) is 0. The van der Waals surface area contributed by atoms with Crippen LogP contribution in [0, 0.1) is 0 Å². The number of hydrogen-bond donors (Lipinski definition) is 2. The molecule has 0 radical (unpaired) electrons. The van der Waals surface area contributed by atoms with Gasteiger partial charge in [-0.15, -0.1) is 0 Å². The van der Waals surface area contributed by atoms with Gasteiger partial charge in [0.1, 0.15) is 0 Å². The Labute approximate surface area is 91.3 Å². The summed E-state index contributed by atoms with van der Waals surface area (Å²) in [6.45, 7) is 5.38. The largest absolute Gasteiger partial charge is 0.337 e. The number of nitrogens with one attached hydrogen (secondary N) is 1. The Kier molecular flexibility index (Phi) is 3.11. The lowest BCUT2D eigenvalue weighted by Crippen LogP contribution is -2.57. The molecule has 1 saturated heterocycles. The number of likely N-dealkylation sites (N-methyl/N-ethyl adjacent to an activating group) is 1. The quantitative estimate of drug-likeness (QED) is 0.268. The number of guanidine groups is 1. The predicted molar refractivity (Wildman–Crippen MR) is 61.4 cm³/mol. The second-order valence-electron chi connectivity index (χ2n) is 4.63. The van der Waals surface area contributed by atoms with Crippen molar-refractivity contribution in [3.05, 3.63) is 0 Å². The van der Waals surface area contributed by atoms with Gasteiger partial charge in [-0.25, -0.2) is 10.8 Å². The Bertz CT molecular complexity index is 248. The first kappa shape index (κ1) is 10.7. The number of aliphatic imine (C=N–C) groups is 1. The summed E-state index contributed by atoms with van der Waals surface area (Å²) in [5.74, 6) is 6.41. The van der Waals surface area contributed by atoms with Crippen molar-refractivity contribution in [2.75, 3.05) is 26.7 Å². The Morgan fingerprint density at radius 1 is 1.40 bits per heavy atom. The molecule has 5 nitrogen and oxygen atoms in total. The molecule has 3 N–H and O–H groups in total. The highest BCUT2D eigenvalue weighted by atomic mass is 15.4. The zero-order valence-corrected chi connectivity index (χ0v) is 9.61. The van der Waals surface area contributed by atoms with E-state index in [1.807, 2.05) is 0 Å². The molecule has 2 aliphatic rings. The van der Waals surface area contributed by atoms with E-state index in [-0.39, 0.29) is 0 Å². The molecule has 1 unspecified atom stereocenters. The fourth-order valence-corrected chi connectivity index (χ4v) is 2.03. The maximum atomic E-state index is 5.54. The van der Waals surface area contributed by atoms with Crippen LogP contribution in [0.15, 0.2) is 4.99 Å². The van der Waals surface area contributed by atoms with E-state index in [0.717, 1.165) is 25.6 Å². The summed E-state index contributed by atoms with van der Waals surface area (Å²) in [4.78, 5) is 9.21. The molecule has 86 valence electrons. The van der Waals surface area contributed by atoms with E-state index >= 15 is 0 Å². The second-order valence-corrected chi connectivity index (χ2v) is 4.63. The molecule has 2 rings (SSSR count). The van der Waals surface area contributed by atoms with Crippen molar-refractivity contribution in [2.24, 2.45) is 10.8 Å². The summed E-state index contributed by atoms with van der Waals surface area (Å²) in [6, 6.07) is 1.00. The second kappa shape index (κ2) is 4.37. The van der Waals surface area contributed by atoms with E-state index < -0.39 is 0 Å². The minimum atomic E-state index is 0.484. The van der Waals surface area contributed by atoms with Crippen LogP contribution >= 0.6 is 0 Å². The van der Waals surface area contributed by atoms with Crippen molar-refractivity contribution >= 4 is 5.96 Å². The van der Waals surface area contributed by atoms with Gasteiger partial charge in [-0.05, 0) is 26.8 Å². The Hall–Kier alpha value is -0.810. The van der Waals surface area contributed by atoms with E-state index in [1.165, 1.54) is 12.8 Å². The average molecular weight is 211 g/mol. The van der Waals surface area contributed by atoms with Crippen LogP contribution in [0.4, 0.5) is 0 Å². The highest BCUT2D eigenvalue weighted by molar-refractivity contribution is 5.80. The molecular weight excluding hydrogens is 190 g/mol. The standard InChI is InChI=1S/C10H21N5/c1-8-7-14(2)5-6-15(8)10(13-11)12-9-3-4-9/h8-9H,3-7,11H2,1-2H3,(H,12,13). The maximum Gasteiger partial charge on any atom is 0.209 e. The number of hydrazine groups is 1. The molecule has 0 aromatic carbocycles. The van der Waals surface area contributed by atoms with Gasteiger partial charge in [0.15, 0.2) is 0 Å². The summed E-state index contributed by atoms with van der Waals surface area (Å²) in [7, 11) is 2.15. The Morgan fingerprint density at radius 2 is 2.13 bits per heavy atom. The monoisotopic (exact) mass is 211 g/mol. The first-order chi connectivity index (χ1) is 7.20. The molecule has 0 spiro atoms. The van der Waals surface area contributed by atoms with E-state index in [4.69, 9.17) is 5.84 Å². The molecular formula is C10H21N5. The van der Waals surface area contributed by atoms with Gasteiger partial charge in [-0.2, -0.15) is 0 Å². The van der Waals surface area contributed by atoms with Gasteiger partial charge in [0.25, 0.3) is 0 Å². The molecule has 0 bridgehead atoms. The highest BCUT2D eigenvalue weighted by Gasteiger charge is 2.27. The Balaban J connectivity index is 2.00. The van der Waals surface area contributed by atoms with Gasteiger partial charge in [0.2, 0.25) is 5.96 Å². The summed E-state index contributed by atoms with van der Waals surface area (Å²) in [5.41, 5.74) is 2.75. The smallest absolute Gasteiger partial charge is 0.209 e. The normalized spacial score (nSPS) is 29.4. The van der Waals surface area contributed by atoms with Gasteiger partial charge in [0, 0.05) is 25.7 Å². The zero-order valence-electron chi connectivity index (χ0n) is 9.61. The number of rotatable bonds is 1. The highest BCUT2D eigenvalue weighted by Crippen LogP contribution is 2.24. The first-order valence-corrected chi connectivity index (χ1v) is 5.70. The number of piperazine rings is 1. The van der Waals surface area contributed by atoms with Crippen LogP contribution < -0.4 is 11.3 Å². The average Bonchev–Trinajstić information content (AvgIpc) is 2.99. The SMILES string of the molecule is CC1CN(C)CCN1C(=NC1CC1)NN. The molecule has 0 amide bonds. The molecule has 5 heteroatoms. The van der Waals surface area contributed by atoms with Gasteiger partial charge in [0.05, 0.1) is 6.04 Å². The van der Waals surface area contributed by atoms with E-state index in [1.54, 1.807) is 0 Å². The lowest BCUT2D eigenvalue weighted by Gasteiger charge is -2.39. The number of hydrogen-bond acceptors (Lipinski definition) is 3. The first-order valence-electron chi connectivity index (χ1n) is 5.70. The zero-order chi connectivity index (χ0) is 10.8. The molecule has 2 fully saturated rings. The minimum absolute atomic E-state index is 0.484. The van der Waals surface area contributed by atoms with E-state index in [2.05, 4.69) is 34.2 Å². The molecule has 0 aromatic rings. The molecule has 1 atom stereocenters. The summed E-state index contributed by atoms with van der Waals surface area (Å²) in [6.07, 6.45) is 2.43. The third-order valence-corrected chi connectivity index (χ3v) is 3.08. The van der Waals surface area contributed by atoms with Crippen LogP contribution in [0.25, 0.3) is 0 Å². The molecule has 1 saturated carbocycles. The van der Waals surface area contributed by atoms with Gasteiger partial charge in [-0.1, -0.05) is 0 Å². The van der Waals surface area contributed by atoms with Crippen LogP contribution in [0.3, 0.4) is 0 Å². The maximum absolute atomic E-state index is 5.54. The van der Waals surface area contributed by atoms with Gasteiger partial charge < -0.3 is 9.80 Å². The van der Waals surface area contributed by atoms with Crippen molar-refractivity contribution < 1.29 is 0 Å². The van der Waals surface area contributed by atoms with Crippen molar-refractivity contribution in [2.45, 2.75) is 31.8 Å². The van der Waals surface area contributed by atoms with Gasteiger partial charge in [-0.3, -0.25) is 5.43 Å². The van der Waals surface area contributed by atoms with E-state index in [9.17, 15) is 0 Å². The third kappa shape index (κ3) is 2.60. The molecule has 15 heavy (non-hydrogen) atoms. The lowest BCUT2D eigenvalue weighted by molar-refractivity contribution is 0.157. The Morgan fingerprint density at radius 3 is 2.67 bits per heavy atom. The molecule has 1 aliphatic heterocycles. The molecule has 1 aliphatic carbocycles. The minimum Gasteiger partial charge on any atom is -0.337 e. The molecule has 1 heterocycles. The van der Waals surface area contributed by atoms with Crippen LogP contribution in [0.2, 0.25) is 0 Å².